The summed E-state index contributed by atoms with van der Waals surface area (Å²) in [5, 5.41) is 0. The average Bonchev–Trinajstić information content (AvgIpc) is 2.50. The van der Waals surface area contributed by atoms with Crippen molar-refractivity contribution >= 4 is 11.9 Å². The van der Waals surface area contributed by atoms with Crippen molar-refractivity contribution in [1.82, 2.24) is 4.90 Å². The monoisotopic (exact) mass is 289 g/mol. The Hall–Kier alpha value is -1.84. The molecular formula is C17H23NO3. The second-order valence-corrected chi connectivity index (χ2v) is 5.80. The predicted molar refractivity (Wildman–Crippen MR) is 80.9 cm³/mol. The fourth-order valence-electron chi connectivity index (χ4n) is 2.76. The lowest BCUT2D eigenvalue weighted by Crippen LogP contribution is -2.43. The maximum atomic E-state index is 12.4. The van der Waals surface area contributed by atoms with Gasteiger partial charge in [0.25, 0.3) is 0 Å². The molecule has 21 heavy (non-hydrogen) atoms. The highest BCUT2D eigenvalue weighted by Gasteiger charge is 2.28. The van der Waals surface area contributed by atoms with Crippen molar-refractivity contribution in [3.8, 4) is 0 Å². The SMILES string of the molecule is COC(=O)[C@H]1CCCN(C(=O)Cc2ccc(C)c(C)c2)C1. The van der Waals surface area contributed by atoms with Gasteiger partial charge in [-0.1, -0.05) is 18.2 Å². The van der Waals surface area contributed by atoms with Gasteiger partial charge < -0.3 is 9.64 Å². The third kappa shape index (κ3) is 3.84. The molecule has 1 fully saturated rings. The zero-order chi connectivity index (χ0) is 15.4. The van der Waals surface area contributed by atoms with Crippen LogP contribution in [-0.2, 0) is 20.7 Å². The van der Waals surface area contributed by atoms with Crippen molar-refractivity contribution in [1.29, 1.82) is 0 Å². The number of rotatable bonds is 3. The lowest BCUT2D eigenvalue weighted by molar-refractivity contribution is -0.148. The summed E-state index contributed by atoms with van der Waals surface area (Å²) in [6.07, 6.45) is 2.06. The van der Waals surface area contributed by atoms with Crippen molar-refractivity contribution < 1.29 is 14.3 Å². The number of ether oxygens (including phenoxy) is 1. The summed E-state index contributed by atoms with van der Waals surface area (Å²) < 4.78 is 4.79. The number of benzene rings is 1. The van der Waals surface area contributed by atoms with E-state index in [1.165, 1.54) is 18.2 Å². The molecule has 1 atom stereocenters. The fraction of sp³-hybridized carbons (Fsp3) is 0.529. The van der Waals surface area contributed by atoms with Crippen LogP contribution in [0.25, 0.3) is 0 Å². The number of aryl methyl sites for hydroxylation is 2. The van der Waals surface area contributed by atoms with Gasteiger partial charge in [0.1, 0.15) is 0 Å². The highest BCUT2D eigenvalue weighted by Crippen LogP contribution is 2.19. The number of hydrogen-bond acceptors (Lipinski definition) is 3. The Labute approximate surface area is 126 Å². The number of likely N-dealkylation sites (tertiary alicyclic amines) is 1. The van der Waals surface area contributed by atoms with E-state index in [4.69, 9.17) is 4.74 Å². The lowest BCUT2D eigenvalue weighted by Gasteiger charge is -2.31. The smallest absolute Gasteiger partial charge is 0.310 e. The van der Waals surface area contributed by atoms with Gasteiger partial charge in [-0.3, -0.25) is 9.59 Å². The molecule has 0 bridgehead atoms. The van der Waals surface area contributed by atoms with E-state index in [9.17, 15) is 9.59 Å². The number of methoxy groups -OCH3 is 1. The van der Waals surface area contributed by atoms with Crippen LogP contribution >= 0.6 is 0 Å². The van der Waals surface area contributed by atoms with Crippen LogP contribution in [0.1, 0.15) is 29.5 Å². The first-order chi connectivity index (χ1) is 10.0. The van der Waals surface area contributed by atoms with Gasteiger partial charge in [0.05, 0.1) is 19.4 Å². The van der Waals surface area contributed by atoms with E-state index in [0.717, 1.165) is 24.9 Å². The molecular weight excluding hydrogens is 266 g/mol. The summed E-state index contributed by atoms with van der Waals surface area (Å²) >= 11 is 0. The van der Waals surface area contributed by atoms with Gasteiger partial charge in [-0.25, -0.2) is 0 Å². The number of carbonyl (C=O) groups excluding carboxylic acids is 2. The van der Waals surface area contributed by atoms with E-state index in [1.807, 2.05) is 12.1 Å². The highest BCUT2D eigenvalue weighted by molar-refractivity contribution is 5.80. The van der Waals surface area contributed by atoms with Crippen molar-refractivity contribution in [2.75, 3.05) is 20.2 Å². The van der Waals surface area contributed by atoms with Gasteiger partial charge in [-0.2, -0.15) is 0 Å². The Morgan fingerprint density at radius 2 is 2.05 bits per heavy atom. The molecule has 1 aliphatic heterocycles. The zero-order valence-corrected chi connectivity index (χ0v) is 13.0. The van der Waals surface area contributed by atoms with Gasteiger partial charge in [0, 0.05) is 13.1 Å². The quantitative estimate of drug-likeness (QED) is 0.802. The van der Waals surface area contributed by atoms with Crippen LogP contribution in [0, 0.1) is 19.8 Å². The first-order valence-corrected chi connectivity index (χ1v) is 7.43. The molecule has 0 radical (unpaired) electrons. The molecule has 0 N–H and O–H groups in total. The standard InChI is InChI=1S/C17H23NO3/c1-12-6-7-14(9-13(12)2)10-16(19)18-8-4-5-15(11-18)17(20)21-3/h6-7,9,15H,4-5,8,10-11H2,1-3H3/t15-/m0/s1. The summed E-state index contributed by atoms with van der Waals surface area (Å²) in [5.41, 5.74) is 3.46. The normalized spacial score (nSPS) is 18.4. The van der Waals surface area contributed by atoms with Crippen LogP contribution in [0.15, 0.2) is 18.2 Å². The molecule has 0 aromatic heterocycles. The molecule has 4 nitrogen and oxygen atoms in total. The summed E-state index contributed by atoms with van der Waals surface area (Å²) in [4.78, 5) is 25.8. The topological polar surface area (TPSA) is 46.6 Å². The Morgan fingerprint density at radius 3 is 2.71 bits per heavy atom. The molecule has 0 aliphatic carbocycles. The fourth-order valence-corrected chi connectivity index (χ4v) is 2.76. The third-order valence-electron chi connectivity index (χ3n) is 4.24. The maximum Gasteiger partial charge on any atom is 0.310 e. The van der Waals surface area contributed by atoms with Crippen LogP contribution in [0.2, 0.25) is 0 Å². The Kier molecular flexibility index (Phi) is 4.99. The third-order valence-corrected chi connectivity index (χ3v) is 4.24. The van der Waals surface area contributed by atoms with Gasteiger partial charge in [-0.05, 0) is 43.4 Å². The van der Waals surface area contributed by atoms with E-state index in [-0.39, 0.29) is 17.8 Å². The average molecular weight is 289 g/mol. The molecule has 4 heteroatoms. The summed E-state index contributed by atoms with van der Waals surface area (Å²) in [6.45, 7) is 5.33. The number of amides is 1. The lowest BCUT2D eigenvalue weighted by atomic mass is 9.97. The van der Waals surface area contributed by atoms with Crippen molar-refractivity contribution in [2.45, 2.75) is 33.1 Å². The zero-order valence-electron chi connectivity index (χ0n) is 13.0. The van der Waals surface area contributed by atoms with Gasteiger partial charge in [0.2, 0.25) is 5.91 Å². The van der Waals surface area contributed by atoms with Crippen LogP contribution in [-0.4, -0.2) is 37.0 Å². The predicted octanol–water partition coefficient (Wildman–Crippen LogP) is 2.26. The van der Waals surface area contributed by atoms with E-state index in [2.05, 4.69) is 19.9 Å². The molecule has 2 rings (SSSR count). The molecule has 1 aliphatic rings. The van der Waals surface area contributed by atoms with E-state index in [1.54, 1.807) is 4.90 Å². The highest BCUT2D eigenvalue weighted by atomic mass is 16.5. The second-order valence-electron chi connectivity index (χ2n) is 5.80. The summed E-state index contributed by atoms with van der Waals surface area (Å²) in [5.74, 6) is -0.294. The first kappa shape index (κ1) is 15.5. The molecule has 0 spiro atoms. The molecule has 1 saturated heterocycles. The Morgan fingerprint density at radius 1 is 1.29 bits per heavy atom. The van der Waals surface area contributed by atoms with E-state index >= 15 is 0 Å². The van der Waals surface area contributed by atoms with E-state index < -0.39 is 0 Å². The molecule has 0 saturated carbocycles. The molecule has 1 amide bonds. The molecule has 1 aromatic rings. The van der Waals surface area contributed by atoms with Crippen LogP contribution in [0.4, 0.5) is 0 Å². The minimum Gasteiger partial charge on any atom is -0.469 e. The number of esters is 1. The first-order valence-electron chi connectivity index (χ1n) is 7.43. The second kappa shape index (κ2) is 6.74. The molecule has 0 unspecified atom stereocenters. The van der Waals surface area contributed by atoms with Crippen LogP contribution < -0.4 is 0 Å². The van der Waals surface area contributed by atoms with Gasteiger partial charge >= 0.3 is 5.97 Å². The Balaban J connectivity index is 1.99. The van der Waals surface area contributed by atoms with Crippen molar-refractivity contribution in [3.05, 3.63) is 34.9 Å². The number of carbonyl (C=O) groups is 2. The number of piperidine rings is 1. The Bertz CT molecular complexity index is 539. The number of nitrogens with zero attached hydrogens (tertiary/aromatic N) is 1. The van der Waals surface area contributed by atoms with Crippen LogP contribution in [0.3, 0.4) is 0 Å². The summed E-state index contributed by atoms with van der Waals surface area (Å²) in [7, 11) is 1.40. The molecule has 1 heterocycles. The van der Waals surface area contributed by atoms with Gasteiger partial charge in [0.15, 0.2) is 0 Å². The van der Waals surface area contributed by atoms with Gasteiger partial charge in [-0.15, -0.1) is 0 Å². The van der Waals surface area contributed by atoms with Crippen molar-refractivity contribution in [2.24, 2.45) is 5.92 Å². The molecule has 114 valence electrons. The van der Waals surface area contributed by atoms with Crippen molar-refractivity contribution in [3.63, 3.8) is 0 Å². The molecule has 1 aromatic carbocycles. The minimum absolute atomic E-state index is 0.0897. The minimum atomic E-state index is -0.210. The maximum absolute atomic E-state index is 12.4. The largest absolute Gasteiger partial charge is 0.469 e. The van der Waals surface area contributed by atoms with E-state index in [0.29, 0.717) is 13.0 Å². The summed E-state index contributed by atoms with van der Waals surface area (Å²) in [6, 6.07) is 6.11. The number of hydrogen-bond donors (Lipinski definition) is 0. The van der Waals surface area contributed by atoms with Crippen LogP contribution in [0.5, 0.6) is 0 Å².